The first kappa shape index (κ1) is 11.5. The van der Waals surface area contributed by atoms with Crippen LogP contribution in [0.1, 0.15) is 5.56 Å². The van der Waals surface area contributed by atoms with Gasteiger partial charge in [0.1, 0.15) is 0 Å². The van der Waals surface area contributed by atoms with Crippen molar-refractivity contribution < 1.29 is 0 Å². The molecule has 2 rings (SSSR count). The van der Waals surface area contributed by atoms with Crippen LogP contribution in [0.15, 0.2) is 33.5 Å². The van der Waals surface area contributed by atoms with E-state index >= 15 is 0 Å². The number of halogens is 2. The number of H-pyrrole nitrogens is 1. The van der Waals surface area contributed by atoms with Gasteiger partial charge in [-0.15, -0.1) is 0 Å². The monoisotopic (exact) mass is 316 g/mol. The van der Waals surface area contributed by atoms with Crippen LogP contribution in [0.5, 0.6) is 0 Å². The van der Waals surface area contributed by atoms with E-state index < -0.39 is 0 Å². The standard InChI is InChI=1S/C10H8BrNO.Br/c1-6-7-4-2-3-5-8(7)12-10(13)9(6)11;/h2-5H,1H3,(H,12,13);. The summed E-state index contributed by atoms with van der Waals surface area (Å²) in [4.78, 5) is 14.1. The second kappa shape index (κ2) is 4.28. The zero-order chi connectivity index (χ0) is 9.42. The van der Waals surface area contributed by atoms with E-state index in [1.807, 2.05) is 31.2 Å². The van der Waals surface area contributed by atoms with Gasteiger partial charge in [0.2, 0.25) is 0 Å². The summed E-state index contributed by atoms with van der Waals surface area (Å²) in [6, 6.07) is 7.76. The lowest BCUT2D eigenvalue weighted by molar-refractivity contribution is 1.25. The maximum absolute atomic E-state index is 11.4. The third kappa shape index (κ3) is 1.77. The molecule has 73 valence electrons. The van der Waals surface area contributed by atoms with E-state index in [1.165, 1.54) is 0 Å². The van der Waals surface area contributed by atoms with Gasteiger partial charge in [0.05, 0.1) is 4.47 Å². The van der Waals surface area contributed by atoms with E-state index in [0.29, 0.717) is 4.47 Å². The number of aromatic nitrogens is 1. The molecule has 0 aliphatic carbocycles. The van der Waals surface area contributed by atoms with Crippen molar-refractivity contribution in [2.24, 2.45) is 0 Å². The first-order valence-electron chi connectivity index (χ1n) is 3.97. The molecule has 1 aromatic carbocycles. The molecule has 2 aromatic rings. The molecule has 0 bridgehead atoms. The highest BCUT2D eigenvalue weighted by molar-refractivity contribution is 9.10. The molecule has 0 aliphatic heterocycles. The minimum absolute atomic E-state index is 0. The van der Waals surface area contributed by atoms with Gasteiger partial charge in [-0.2, -0.15) is 0 Å². The average molecular weight is 318 g/mol. The van der Waals surface area contributed by atoms with Gasteiger partial charge < -0.3 is 4.98 Å². The highest BCUT2D eigenvalue weighted by atomic mass is 79.9. The van der Waals surface area contributed by atoms with Gasteiger partial charge in [-0.05, 0) is 34.5 Å². The molecule has 1 aromatic heterocycles. The summed E-state index contributed by atoms with van der Waals surface area (Å²) in [6.45, 7) is 1.93. The van der Waals surface area contributed by atoms with Crippen molar-refractivity contribution in [2.45, 2.75) is 6.92 Å². The molecule has 1 heterocycles. The smallest absolute Gasteiger partial charge is 0.263 e. The molecule has 4 heteroatoms. The third-order valence-corrected chi connectivity index (χ3v) is 3.06. The first-order valence-corrected chi connectivity index (χ1v) is 4.76. The molecule has 0 amide bonds. The predicted octanol–water partition coefficient (Wildman–Crippen LogP) is 3.44. The van der Waals surface area contributed by atoms with Crippen LogP contribution in [0.25, 0.3) is 10.9 Å². The molecule has 1 N–H and O–H groups in total. The number of pyridine rings is 1. The number of benzene rings is 1. The van der Waals surface area contributed by atoms with Crippen LogP contribution in [0.4, 0.5) is 0 Å². The molecule has 0 saturated carbocycles. The van der Waals surface area contributed by atoms with Crippen molar-refractivity contribution in [1.29, 1.82) is 0 Å². The van der Waals surface area contributed by atoms with Crippen molar-refractivity contribution in [3.63, 3.8) is 0 Å². The van der Waals surface area contributed by atoms with Gasteiger partial charge in [0.25, 0.3) is 5.56 Å². The molecule has 14 heavy (non-hydrogen) atoms. The number of hydrogen-bond donors (Lipinski definition) is 1. The van der Waals surface area contributed by atoms with Crippen LogP contribution in [0.2, 0.25) is 0 Å². The van der Waals surface area contributed by atoms with Gasteiger partial charge in [0.15, 0.2) is 0 Å². The quantitative estimate of drug-likeness (QED) is 0.793. The molecule has 0 atom stereocenters. The SMILES string of the molecule is Cc1c(Br)c(=O)[nH]c2ccccc12.[Br]. The lowest BCUT2D eigenvalue weighted by Gasteiger charge is -2.02. The Balaban J connectivity index is 0.000000980. The van der Waals surface area contributed by atoms with Crippen LogP contribution < -0.4 is 5.56 Å². The van der Waals surface area contributed by atoms with Crippen molar-refractivity contribution in [3.05, 3.63) is 44.7 Å². The second-order valence-corrected chi connectivity index (χ2v) is 3.73. The molecule has 0 saturated heterocycles. The Morgan fingerprint density at radius 2 is 1.93 bits per heavy atom. The zero-order valence-corrected chi connectivity index (χ0v) is 10.6. The van der Waals surface area contributed by atoms with E-state index in [-0.39, 0.29) is 22.5 Å². The van der Waals surface area contributed by atoms with Crippen LogP contribution in [-0.4, -0.2) is 4.98 Å². The third-order valence-electron chi connectivity index (χ3n) is 2.11. The molecule has 2 nitrogen and oxygen atoms in total. The summed E-state index contributed by atoms with van der Waals surface area (Å²) in [5.74, 6) is 0. The number of rotatable bonds is 0. The second-order valence-electron chi connectivity index (χ2n) is 2.94. The molecule has 0 unspecified atom stereocenters. The highest BCUT2D eigenvalue weighted by Crippen LogP contribution is 2.19. The maximum atomic E-state index is 11.4. The average Bonchev–Trinajstić information content (AvgIpc) is 2.15. The van der Waals surface area contributed by atoms with Crippen LogP contribution in [0.3, 0.4) is 0 Å². The summed E-state index contributed by atoms with van der Waals surface area (Å²) in [6.07, 6.45) is 0. The summed E-state index contributed by atoms with van der Waals surface area (Å²) in [7, 11) is 0. The fraction of sp³-hybridized carbons (Fsp3) is 0.100. The highest BCUT2D eigenvalue weighted by Gasteiger charge is 2.04. The van der Waals surface area contributed by atoms with E-state index in [4.69, 9.17) is 0 Å². The number of fused-ring (bicyclic) bond motifs is 1. The Morgan fingerprint density at radius 3 is 2.64 bits per heavy atom. The van der Waals surface area contributed by atoms with Gasteiger partial charge in [-0.3, -0.25) is 4.79 Å². The molecule has 0 spiro atoms. The van der Waals surface area contributed by atoms with E-state index in [1.54, 1.807) is 0 Å². The minimum Gasteiger partial charge on any atom is -0.321 e. The van der Waals surface area contributed by atoms with Crippen LogP contribution >= 0.6 is 32.9 Å². The van der Waals surface area contributed by atoms with Gasteiger partial charge in [0, 0.05) is 27.9 Å². The van der Waals surface area contributed by atoms with Crippen LogP contribution in [0, 0.1) is 6.92 Å². The van der Waals surface area contributed by atoms with Gasteiger partial charge in [-0.25, -0.2) is 0 Å². The Morgan fingerprint density at radius 1 is 1.29 bits per heavy atom. The Kier molecular flexibility index (Phi) is 3.50. The minimum atomic E-state index is -0.0730. The van der Waals surface area contributed by atoms with Crippen molar-refractivity contribution in [3.8, 4) is 0 Å². The number of aromatic amines is 1. The number of nitrogens with one attached hydrogen (secondary N) is 1. The fourth-order valence-electron chi connectivity index (χ4n) is 1.38. The molecular formula is C10H8Br2NO. The van der Waals surface area contributed by atoms with E-state index in [2.05, 4.69) is 20.9 Å². The zero-order valence-electron chi connectivity index (χ0n) is 7.47. The summed E-state index contributed by atoms with van der Waals surface area (Å²) >= 11 is 3.26. The normalized spacial score (nSPS) is 9.86. The lowest BCUT2D eigenvalue weighted by Crippen LogP contribution is -2.08. The van der Waals surface area contributed by atoms with E-state index in [9.17, 15) is 4.79 Å². The first-order chi connectivity index (χ1) is 6.20. The number of hydrogen-bond acceptors (Lipinski definition) is 1. The topological polar surface area (TPSA) is 32.9 Å². The summed E-state index contributed by atoms with van der Waals surface area (Å²) in [5.41, 5.74) is 1.80. The fourth-order valence-corrected chi connectivity index (χ4v) is 1.70. The summed E-state index contributed by atoms with van der Waals surface area (Å²) < 4.78 is 0.617. The van der Waals surface area contributed by atoms with Crippen molar-refractivity contribution >= 4 is 43.8 Å². The number of aryl methyl sites for hydroxylation is 1. The van der Waals surface area contributed by atoms with Crippen molar-refractivity contribution in [2.75, 3.05) is 0 Å². The molecular weight excluding hydrogens is 310 g/mol. The molecule has 0 fully saturated rings. The predicted molar refractivity (Wildman–Crippen MR) is 65.9 cm³/mol. The lowest BCUT2D eigenvalue weighted by atomic mass is 10.1. The molecule has 0 aliphatic rings. The largest absolute Gasteiger partial charge is 0.321 e. The number of para-hydroxylation sites is 1. The summed E-state index contributed by atoms with van der Waals surface area (Å²) in [5, 5.41) is 1.08. The van der Waals surface area contributed by atoms with Gasteiger partial charge in [-0.1, -0.05) is 18.2 Å². The maximum Gasteiger partial charge on any atom is 0.263 e. The Hall–Kier alpha value is -0.610. The van der Waals surface area contributed by atoms with Gasteiger partial charge >= 0.3 is 0 Å². The van der Waals surface area contributed by atoms with E-state index in [0.717, 1.165) is 16.5 Å². The molecule has 1 radical (unpaired) electrons. The van der Waals surface area contributed by atoms with Crippen LogP contribution in [-0.2, 0) is 0 Å². The van der Waals surface area contributed by atoms with Crippen molar-refractivity contribution in [1.82, 2.24) is 4.98 Å². The Bertz CT molecular complexity index is 519. The Labute approximate surface area is 100 Å².